The fraction of sp³-hybridized carbons (Fsp3) is 0.227. The molecule has 0 aliphatic heterocycles. The molecule has 0 unspecified atom stereocenters. The lowest BCUT2D eigenvalue weighted by Crippen LogP contribution is -2.39. The molecule has 0 aliphatic rings. The molecule has 0 radical (unpaired) electrons. The first-order chi connectivity index (χ1) is 14.2. The zero-order chi connectivity index (χ0) is 22.3. The highest BCUT2D eigenvalue weighted by Crippen LogP contribution is 2.23. The summed E-state index contributed by atoms with van der Waals surface area (Å²) in [4.78, 5) is 34.2. The van der Waals surface area contributed by atoms with Crippen molar-refractivity contribution in [1.82, 2.24) is 5.32 Å². The van der Waals surface area contributed by atoms with E-state index in [-0.39, 0.29) is 6.42 Å². The first kappa shape index (κ1) is 23.0. The van der Waals surface area contributed by atoms with Gasteiger partial charge in [0, 0.05) is 11.1 Å². The number of benzene rings is 2. The minimum Gasteiger partial charge on any atom is -0.503 e. The highest BCUT2D eigenvalue weighted by atomic mass is 35.5. The van der Waals surface area contributed by atoms with Crippen LogP contribution >= 0.6 is 11.6 Å². The van der Waals surface area contributed by atoms with Gasteiger partial charge in [-0.1, -0.05) is 54.9 Å². The van der Waals surface area contributed by atoms with E-state index in [1.807, 2.05) is 42.5 Å². The first-order valence-corrected chi connectivity index (χ1v) is 9.62. The van der Waals surface area contributed by atoms with Gasteiger partial charge in [-0.2, -0.15) is 0 Å². The number of aliphatic hydroxyl groups excluding tert-OH is 1. The van der Waals surface area contributed by atoms with E-state index in [2.05, 4.69) is 5.32 Å². The maximum absolute atomic E-state index is 12.1. The number of carboxylic acid groups (broad SMARTS) is 1. The van der Waals surface area contributed by atoms with Crippen molar-refractivity contribution in [1.29, 1.82) is 0 Å². The van der Waals surface area contributed by atoms with Crippen LogP contribution in [0.15, 0.2) is 60.4 Å². The van der Waals surface area contributed by atoms with Gasteiger partial charge in [-0.25, -0.2) is 0 Å². The summed E-state index contributed by atoms with van der Waals surface area (Å²) in [6, 6.07) is 14.4. The predicted octanol–water partition coefficient (Wildman–Crippen LogP) is 3.07. The number of hydrogen-bond acceptors (Lipinski definition) is 4. The first-order valence-electron chi connectivity index (χ1n) is 9.24. The molecule has 0 saturated heterocycles. The number of carbonyl (C=O) groups excluding carboxylic acids is 2. The third-order valence-corrected chi connectivity index (χ3v) is 4.74. The number of rotatable bonds is 9. The predicted molar refractivity (Wildman–Crippen MR) is 114 cm³/mol. The minimum atomic E-state index is -0.998. The average molecular weight is 431 g/mol. The molecule has 7 nitrogen and oxygen atoms in total. The van der Waals surface area contributed by atoms with Crippen molar-refractivity contribution in [2.45, 2.75) is 25.8 Å². The van der Waals surface area contributed by atoms with E-state index in [9.17, 15) is 24.6 Å². The standard InChI is InChI=1S/C22H23ClN2O5/c1-13(22(29)30)9-18(25-21(28)19(26)12-20(24)27)10-14-5-7-15(8-6-14)16-3-2-4-17(23)11-16/h2-8,11-13,18,26H,9-10H2,1H3,(H2,24,27)(H,25,28)(H,29,30)/b19-12-/t13-,18-/m0/s1. The molecule has 8 heteroatoms. The van der Waals surface area contributed by atoms with E-state index >= 15 is 0 Å². The molecular weight excluding hydrogens is 408 g/mol. The Morgan fingerprint density at radius 3 is 2.33 bits per heavy atom. The highest BCUT2D eigenvalue weighted by molar-refractivity contribution is 6.30. The molecule has 0 saturated carbocycles. The Labute approximate surface area is 179 Å². The van der Waals surface area contributed by atoms with Gasteiger partial charge in [-0.05, 0) is 41.7 Å². The monoisotopic (exact) mass is 430 g/mol. The van der Waals surface area contributed by atoms with E-state index in [1.54, 1.807) is 6.07 Å². The largest absolute Gasteiger partial charge is 0.503 e. The van der Waals surface area contributed by atoms with E-state index in [0.717, 1.165) is 16.7 Å². The maximum atomic E-state index is 12.1. The smallest absolute Gasteiger partial charge is 0.306 e. The highest BCUT2D eigenvalue weighted by Gasteiger charge is 2.22. The molecule has 2 aromatic rings. The number of nitrogens with one attached hydrogen (secondary N) is 1. The van der Waals surface area contributed by atoms with Crippen LogP contribution in [0, 0.1) is 5.92 Å². The lowest BCUT2D eigenvalue weighted by molar-refractivity contribution is -0.141. The Bertz CT molecular complexity index is 956. The molecule has 158 valence electrons. The van der Waals surface area contributed by atoms with Crippen LogP contribution in [-0.4, -0.2) is 34.0 Å². The van der Waals surface area contributed by atoms with Crippen molar-refractivity contribution in [3.8, 4) is 11.1 Å². The Kier molecular flexibility index (Phi) is 8.00. The van der Waals surface area contributed by atoms with Gasteiger partial charge in [-0.15, -0.1) is 0 Å². The van der Waals surface area contributed by atoms with Crippen LogP contribution in [-0.2, 0) is 20.8 Å². The number of halogens is 1. The van der Waals surface area contributed by atoms with Gasteiger partial charge in [0.15, 0.2) is 5.76 Å². The maximum Gasteiger partial charge on any atom is 0.306 e. The summed E-state index contributed by atoms with van der Waals surface area (Å²) in [6.45, 7) is 1.53. The van der Waals surface area contributed by atoms with Crippen LogP contribution in [0.25, 0.3) is 11.1 Å². The molecule has 2 rings (SSSR count). The normalized spacial score (nSPS) is 13.3. The number of nitrogens with two attached hydrogens (primary N) is 1. The lowest BCUT2D eigenvalue weighted by Gasteiger charge is -2.21. The average Bonchev–Trinajstić information content (AvgIpc) is 2.67. The molecule has 2 atom stereocenters. The molecular formula is C22H23ClN2O5. The zero-order valence-electron chi connectivity index (χ0n) is 16.3. The van der Waals surface area contributed by atoms with Crippen LogP contribution in [0.2, 0.25) is 5.02 Å². The molecule has 2 aromatic carbocycles. The topological polar surface area (TPSA) is 130 Å². The second-order valence-electron chi connectivity index (χ2n) is 6.99. The third kappa shape index (κ3) is 6.93. The number of hydrogen-bond donors (Lipinski definition) is 4. The number of amides is 2. The van der Waals surface area contributed by atoms with Gasteiger partial charge < -0.3 is 21.3 Å². The van der Waals surface area contributed by atoms with Crippen molar-refractivity contribution in [2.75, 3.05) is 0 Å². The van der Waals surface area contributed by atoms with Gasteiger partial charge in [0.05, 0.1) is 12.0 Å². The molecule has 0 spiro atoms. The number of aliphatic hydroxyl groups is 1. The Hall–Kier alpha value is -3.32. The van der Waals surface area contributed by atoms with Gasteiger partial charge in [-0.3, -0.25) is 14.4 Å². The van der Waals surface area contributed by atoms with Gasteiger partial charge in [0.1, 0.15) is 0 Å². The summed E-state index contributed by atoms with van der Waals surface area (Å²) in [5, 5.41) is 22.0. The second-order valence-corrected chi connectivity index (χ2v) is 7.43. The van der Waals surface area contributed by atoms with Crippen molar-refractivity contribution in [2.24, 2.45) is 11.7 Å². The van der Waals surface area contributed by atoms with Crippen LogP contribution in [0.3, 0.4) is 0 Å². The fourth-order valence-electron chi connectivity index (χ4n) is 2.97. The SMILES string of the molecule is C[C@@H](C[C@@H](Cc1ccc(-c2cccc(Cl)c2)cc1)NC(=O)/C(O)=C/C(N)=O)C(=O)O. The van der Waals surface area contributed by atoms with Crippen molar-refractivity contribution in [3.05, 3.63) is 71.0 Å². The Morgan fingerprint density at radius 2 is 1.77 bits per heavy atom. The number of carbonyl (C=O) groups is 3. The number of carboxylic acids is 1. The van der Waals surface area contributed by atoms with Crippen LogP contribution < -0.4 is 11.1 Å². The second kappa shape index (κ2) is 10.5. The molecule has 0 fully saturated rings. The molecule has 30 heavy (non-hydrogen) atoms. The summed E-state index contributed by atoms with van der Waals surface area (Å²) in [6.07, 6.45) is 1.08. The molecule has 5 N–H and O–H groups in total. The third-order valence-electron chi connectivity index (χ3n) is 4.50. The quantitative estimate of drug-likeness (QED) is 0.359. The van der Waals surface area contributed by atoms with Crippen molar-refractivity contribution >= 4 is 29.4 Å². The Morgan fingerprint density at radius 1 is 1.10 bits per heavy atom. The van der Waals surface area contributed by atoms with Crippen LogP contribution in [0.1, 0.15) is 18.9 Å². The van der Waals surface area contributed by atoms with E-state index in [1.165, 1.54) is 6.92 Å². The lowest BCUT2D eigenvalue weighted by atomic mass is 9.95. The van der Waals surface area contributed by atoms with E-state index < -0.39 is 35.5 Å². The Balaban J connectivity index is 2.17. The van der Waals surface area contributed by atoms with Crippen LogP contribution in [0.5, 0.6) is 0 Å². The molecule has 0 heterocycles. The van der Waals surface area contributed by atoms with Gasteiger partial charge >= 0.3 is 5.97 Å². The van der Waals surface area contributed by atoms with Crippen LogP contribution in [0.4, 0.5) is 0 Å². The van der Waals surface area contributed by atoms with E-state index in [0.29, 0.717) is 17.5 Å². The molecule has 0 bridgehead atoms. The zero-order valence-corrected chi connectivity index (χ0v) is 17.1. The van der Waals surface area contributed by atoms with E-state index in [4.69, 9.17) is 17.3 Å². The minimum absolute atomic E-state index is 0.140. The number of aliphatic carboxylic acids is 1. The molecule has 0 aromatic heterocycles. The van der Waals surface area contributed by atoms with Crippen molar-refractivity contribution < 1.29 is 24.6 Å². The molecule has 2 amide bonds. The van der Waals surface area contributed by atoms with Gasteiger partial charge in [0.2, 0.25) is 5.91 Å². The molecule has 0 aliphatic carbocycles. The summed E-state index contributed by atoms with van der Waals surface area (Å²) in [7, 11) is 0. The van der Waals surface area contributed by atoms with Crippen molar-refractivity contribution in [3.63, 3.8) is 0 Å². The summed E-state index contributed by atoms with van der Waals surface area (Å²) >= 11 is 6.03. The van der Waals surface area contributed by atoms with Gasteiger partial charge in [0.25, 0.3) is 5.91 Å². The summed E-state index contributed by atoms with van der Waals surface area (Å²) in [5.74, 6) is -4.40. The fourth-order valence-corrected chi connectivity index (χ4v) is 3.16. The number of primary amides is 1. The summed E-state index contributed by atoms with van der Waals surface area (Å²) in [5.41, 5.74) is 7.72. The summed E-state index contributed by atoms with van der Waals surface area (Å²) < 4.78 is 0.